The molecule has 0 saturated heterocycles. The number of hydrogen-bond donors (Lipinski definition) is 2. The number of esters is 1. The van der Waals surface area contributed by atoms with Gasteiger partial charge in [0.1, 0.15) is 11.5 Å². The molecule has 2 aromatic carbocycles. The second kappa shape index (κ2) is 11.1. The van der Waals surface area contributed by atoms with Crippen LogP contribution in [0.3, 0.4) is 0 Å². The largest absolute Gasteiger partial charge is 0.497 e. The lowest BCUT2D eigenvalue weighted by Crippen LogP contribution is -2.14. The molecule has 1 unspecified atom stereocenters. The number of methoxy groups -OCH3 is 2. The maximum atomic E-state index is 12.3. The summed E-state index contributed by atoms with van der Waals surface area (Å²) in [6, 6.07) is 11.7. The molecule has 0 aliphatic heterocycles. The fraction of sp³-hybridized carbons (Fsp3) is 0.364. The van der Waals surface area contributed by atoms with Gasteiger partial charge in [0.2, 0.25) is 5.91 Å². The van der Waals surface area contributed by atoms with E-state index in [0.717, 1.165) is 6.42 Å². The van der Waals surface area contributed by atoms with E-state index in [4.69, 9.17) is 14.2 Å². The highest BCUT2D eigenvalue weighted by molar-refractivity contribution is 5.94. The lowest BCUT2D eigenvalue weighted by molar-refractivity contribution is -0.116. The Kier molecular flexibility index (Phi) is 8.48. The molecule has 2 rings (SSSR count). The summed E-state index contributed by atoms with van der Waals surface area (Å²) >= 11 is 0. The molecule has 0 aliphatic carbocycles. The number of rotatable bonds is 10. The van der Waals surface area contributed by atoms with E-state index in [9.17, 15) is 14.7 Å². The van der Waals surface area contributed by atoms with E-state index in [2.05, 4.69) is 5.32 Å². The van der Waals surface area contributed by atoms with Gasteiger partial charge in [-0.1, -0.05) is 13.0 Å². The van der Waals surface area contributed by atoms with Crippen molar-refractivity contribution in [3.05, 3.63) is 53.6 Å². The lowest BCUT2D eigenvalue weighted by Gasteiger charge is -2.15. The standard InChI is InChI=1S/C22H27NO6/c1-4-12-29-22(26)15-6-5-7-16(13-15)23-21(25)11-10-19(24)18-9-8-17(27-2)14-20(18)28-3/h5-9,13-14,19,24H,4,10-12H2,1-3H3,(H,23,25). The monoisotopic (exact) mass is 401 g/mol. The minimum absolute atomic E-state index is 0.0981. The highest BCUT2D eigenvalue weighted by atomic mass is 16.5. The first-order valence-electron chi connectivity index (χ1n) is 9.45. The molecule has 7 nitrogen and oxygen atoms in total. The van der Waals surface area contributed by atoms with Crippen molar-refractivity contribution in [2.75, 3.05) is 26.1 Å². The molecule has 0 radical (unpaired) electrons. The molecule has 0 aliphatic rings. The van der Waals surface area contributed by atoms with Crippen molar-refractivity contribution in [1.82, 2.24) is 0 Å². The van der Waals surface area contributed by atoms with Crippen molar-refractivity contribution in [2.24, 2.45) is 0 Å². The highest BCUT2D eigenvalue weighted by Gasteiger charge is 2.16. The number of aliphatic hydroxyl groups is 1. The van der Waals surface area contributed by atoms with Gasteiger partial charge in [0.25, 0.3) is 0 Å². The summed E-state index contributed by atoms with van der Waals surface area (Å²) in [5.74, 6) is 0.420. The van der Waals surface area contributed by atoms with E-state index in [1.165, 1.54) is 7.11 Å². The Morgan fingerprint density at radius 1 is 1.10 bits per heavy atom. The van der Waals surface area contributed by atoms with E-state index >= 15 is 0 Å². The summed E-state index contributed by atoms with van der Waals surface area (Å²) < 4.78 is 15.5. The molecule has 0 heterocycles. The Hall–Kier alpha value is -3.06. The molecule has 2 aromatic rings. The molecule has 29 heavy (non-hydrogen) atoms. The first-order chi connectivity index (χ1) is 14.0. The normalized spacial score (nSPS) is 11.4. The minimum atomic E-state index is -0.864. The van der Waals surface area contributed by atoms with Crippen LogP contribution in [0.5, 0.6) is 11.5 Å². The quantitative estimate of drug-likeness (QED) is 0.589. The summed E-state index contributed by atoms with van der Waals surface area (Å²) in [6.07, 6.45) is 0.189. The van der Waals surface area contributed by atoms with Crippen LogP contribution in [0, 0.1) is 0 Å². The summed E-state index contributed by atoms with van der Waals surface area (Å²) in [5.41, 5.74) is 1.46. The topological polar surface area (TPSA) is 94.1 Å². The molecule has 1 atom stereocenters. The fourth-order valence-corrected chi connectivity index (χ4v) is 2.74. The lowest BCUT2D eigenvalue weighted by atomic mass is 10.0. The first-order valence-corrected chi connectivity index (χ1v) is 9.45. The van der Waals surface area contributed by atoms with Gasteiger partial charge in [0, 0.05) is 23.7 Å². The summed E-state index contributed by atoms with van der Waals surface area (Å²) in [4.78, 5) is 24.2. The number of ether oxygens (including phenoxy) is 3. The van der Waals surface area contributed by atoms with Crippen molar-refractivity contribution in [1.29, 1.82) is 0 Å². The molecule has 0 saturated carbocycles. The first kappa shape index (κ1) is 22.2. The van der Waals surface area contributed by atoms with Gasteiger partial charge in [-0.25, -0.2) is 4.79 Å². The van der Waals surface area contributed by atoms with Crippen LogP contribution in [0.2, 0.25) is 0 Å². The minimum Gasteiger partial charge on any atom is -0.497 e. The number of nitrogens with one attached hydrogen (secondary N) is 1. The molecule has 0 spiro atoms. The highest BCUT2D eigenvalue weighted by Crippen LogP contribution is 2.31. The zero-order valence-corrected chi connectivity index (χ0v) is 16.9. The molecule has 0 fully saturated rings. The van der Waals surface area contributed by atoms with Crippen LogP contribution in [-0.2, 0) is 9.53 Å². The molecular weight excluding hydrogens is 374 g/mol. The van der Waals surface area contributed by atoms with Gasteiger partial charge in [-0.2, -0.15) is 0 Å². The zero-order chi connectivity index (χ0) is 21.2. The third kappa shape index (κ3) is 6.50. The molecule has 1 amide bonds. The van der Waals surface area contributed by atoms with Gasteiger partial charge in [0.15, 0.2) is 0 Å². The average molecular weight is 401 g/mol. The van der Waals surface area contributed by atoms with Crippen LogP contribution in [0.4, 0.5) is 5.69 Å². The van der Waals surface area contributed by atoms with E-state index in [-0.39, 0.29) is 18.7 Å². The second-order valence-corrected chi connectivity index (χ2v) is 6.43. The molecule has 2 N–H and O–H groups in total. The van der Waals surface area contributed by atoms with Crippen LogP contribution in [0.15, 0.2) is 42.5 Å². The summed E-state index contributed by atoms with van der Waals surface area (Å²) in [5, 5.41) is 13.2. The molecule has 0 aromatic heterocycles. The molecule has 156 valence electrons. The Labute approximate surface area is 170 Å². The predicted octanol–water partition coefficient (Wildman–Crippen LogP) is 3.72. The van der Waals surface area contributed by atoms with Gasteiger partial charge in [-0.3, -0.25) is 4.79 Å². The fourth-order valence-electron chi connectivity index (χ4n) is 2.74. The number of aliphatic hydroxyl groups excluding tert-OH is 1. The number of amides is 1. The van der Waals surface area contributed by atoms with Crippen molar-refractivity contribution in [2.45, 2.75) is 32.3 Å². The van der Waals surface area contributed by atoms with Crippen LogP contribution in [0.25, 0.3) is 0 Å². The van der Waals surface area contributed by atoms with E-state index in [1.54, 1.807) is 49.6 Å². The predicted molar refractivity (Wildman–Crippen MR) is 109 cm³/mol. The van der Waals surface area contributed by atoms with Gasteiger partial charge in [-0.15, -0.1) is 0 Å². The van der Waals surface area contributed by atoms with Crippen LogP contribution in [-0.4, -0.2) is 37.8 Å². The van der Waals surface area contributed by atoms with Gasteiger partial charge in [0.05, 0.1) is 32.5 Å². The van der Waals surface area contributed by atoms with E-state index < -0.39 is 12.1 Å². The Bertz CT molecular complexity index is 836. The molecule has 0 bridgehead atoms. The van der Waals surface area contributed by atoms with Gasteiger partial charge in [-0.05, 0) is 43.2 Å². The van der Waals surface area contributed by atoms with Crippen molar-refractivity contribution in [3.63, 3.8) is 0 Å². The summed E-state index contributed by atoms with van der Waals surface area (Å²) in [6.45, 7) is 2.27. The Morgan fingerprint density at radius 2 is 1.90 bits per heavy atom. The van der Waals surface area contributed by atoms with Gasteiger partial charge >= 0.3 is 5.97 Å². The number of benzene rings is 2. The van der Waals surface area contributed by atoms with E-state index in [0.29, 0.717) is 34.9 Å². The zero-order valence-electron chi connectivity index (χ0n) is 16.9. The van der Waals surface area contributed by atoms with Gasteiger partial charge < -0.3 is 24.6 Å². The SMILES string of the molecule is CCCOC(=O)c1cccc(NC(=O)CCC(O)c2ccc(OC)cc2OC)c1. The van der Waals surface area contributed by atoms with Crippen molar-refractivity contribution < 1.29 is 28.9 Å². The average Bonchev–Trinajstić information content (AvgIpc) is 2.75. The number of hydrogen-bond acceptors (Lipinski definition) is 6. The van der Waals surface area contributed by atoms with Crippen molar-refractivity contribution >= 4 is 17.6 Å². The third-order valence-corrected chi connectivity index (χ3v) is 4.26. The maximum Gasteiger partial charge on any atom is 0.338 e. The van der Waals surface area contributed by atoms with Crippen LogP contribution < -0.4 is 14.8 Å². The smallest absolute Gasteiger partial charge is 0.338 e. The molecule has 7 heteroatoms. The Balaban J connectivity index is 1.94. The Morgan fingerprint density at radius 3 is 2.59 bits per heavy atom. The second-order valence-electron chi connectivity index (χ2n) is 6.43. The van der Waals surface area contributed by atoms with Crippen LogP contribution >= 0.6 is 0 Å². The maximum absolute atomic E-state index is 12.3. The van der Waals surface area contributed by atoms with E-state index in [1.807, 2.05) is 6.92 Å². The van der Waals surface area contributed by atoms with Crippen LogP contribution in [0.1, 0.15) is 48.2 Å². The third-order valence-electron chi connectivity index (χ3n) is 4.26. The molecular formula is C22H27NO6. The summed E-state index contributed by atoms with van der Waals surface area (Å²) in [7, 11) is 3.06. The number of carbonyl (C=O) groups is 2. The number of carbonyl (C=O) groups excluding carboxylic acids is 2. The number of anilines is 1. The van der Waals surface area contributed by atoms with Crippen molar-refractivity contribution in [3.8, 4) is 11.5 Å².